The number of ether oxygens (including phenoxy) is 2. The number of aromatic nitrogens is 1. The van der Waals surface area contributed by atoms with E-state index in [1.54, 1.807) is 19.3 Å². The number of morpholine rings is 1. The normalized spacial score (nSPS) is 17.7. The van der Waals surface area contributed by atoms with Crippen molar-refractivity contribution in [2.75, 3.05) is 26.7 Å². The van der Waals surface area contributed by atoms with Gasteiger partial charge in [0.25, 0.3) is 0 Å². The maximum Gasteiger partial charge on any atom is 0.250 e. The minimum Gasteiger partial charge on any atom is -0.436 e. The van der Waals surface area contributed by atoms with E-state index in [9.17, 15) is 13.6 Å². The molecule has 1 aliphatic heterocycles. The van der Waals surface area contributed by atoms with Gasteiger partial charge in [-0.05, 0) is 17.7 Å². The van der Waals surface area contributed by atoms with Crippen molar-refractivity contribution in [2.24, 2.45) is 0 Å². The number of halogens is 2. The Morgan fingerprint density at radius 2 is 2.23 bits per heavy atom. The summed E-state index contributed by atoms with van der Waals surface area (Å²) in [4.78, 5) is 17.9. The minimum absolute atomic E-state index is 0.0896. The minimum atomic E-state index is -0.788. The maximum atomic E-state index is 13.6. The summed E-state index contributed by atoms with van der Waals surface area (Å²) in [6.45, 7) is 2.30. The zero-order valence-corrected chi connectivity index (χ0v) is 14.2. The molecule has 8 heteroatoms. The molecule has 1 amide bonds. The molecule has 1 saturated heterocycles. The van der Waals surface area contributed by atoms with Crippen LogP contribution in [0.4, 0.5) is 8.78 Å². The van der Waals surface area contributed by atoms with E-state index in [4.69, 9.17) is 9.47 Å². The summed E-state index contributed by atoms with van der Waals surface area (Å²) < 4.78 is 37.3. The number of carbonyl (C=O) groups excluding carboxylic acids is 1. The Bertz CT molecular complexity index is 771. The summed E-state index contributed by atoms with van der Waals surface area (Å²) in [6, 6.07) is 6.52. The number of amides is 1. The summed E-state index contributed by atoms with van der Waals surface area (Å²) in [7, 11) is 1.58. The Morgan fingerprint density at radius 1 is 1.38 bits per heavy atom. The second-order valence-electron chi connectivity index (χ2n) is 5.89. The van der Waals surface area contributed by atoms with Gasteiger partial charge in [0.2, 0.25) is 11.8 Å². The molecule has 0 radical (unpaired) electrons. The van der Waals surface area contributed by atoms with Gasteiger partial charge in [0.15, 0.2) is 11.6 Å². The number of likely N-dealkylation sites (N-methyl/N-ethyl adjacent to an activating group) is 1. The highest BCUT2D eigenvalue weighted by Crippen LogP contribution is 2.23. The lowest BCUT2D eigenvalue weighted by Crippen LogP contribution is -2.48. The van der Waals surface area contributed by atoms with Crippen LogP contribution in [0.5, 0.6) is 11.6 Å². The molecule has 0 aliphatic carbocycles. The SMILES string of the molecule is CNC(=O)C1CN(Cc2ccc(Oc3ccc(F)cc3F)nc2)CCO1. The van der Waals surface area contributed by atoms with E-state index >= 15 is 0 Å². The Labute approximate surface area is 149 Å². The second kappa shape index (κ2) is 8.20. The van der Waals surface area contributed by atoms with Crippen molar-refractivity contribution in [3.63, 3.8) is 0 Å². The molecule has 138 valence electrons. The van der Waals surface area contributed by atoms with Gasteiger partial charge in [0.05, 0.1) is 6.61 Å². The first-order valence-electron chi connectivity index (χ1n) is 8.18. The van der Waals surface area contributed by atoms with E-state index in [2.05, 4.69) is 15.2 Å². The van der Waals surface area contributed by atoms with Crippen molar-refractivity contribution in [1.82, 2.24) is 15.2 Å². The Balaban J connectivity index is 1.60. The Morgan fingerprint density at radius 3 is 2.92 bits per heavy atom. The average Bonchev–Trinajstić information content (AvgIpc) is 2.65. The van der Waals surface area contributed by atoms with E-state index in [1.807, 2.05) is 6.07 Å². The van der Waals surface area contributed by atoms with Crippen LogP contribution >= 0.6 is 0 Å². The van der Waals surface area contributed by atoms with Crippen molar-refractivity contribution in [1.29, 1.82) is 0 Å². The van der Waals surface area contributed by atoms with Gasteiger partial charge < -0.3 is 14.8 Å². The fourth-order valence-electron chi connectivity index (χ4n) is 2.66. The lowest BCUT2D eigenvalue weighted by Gasteiger charge is -2.31. The molecule has 2 aromatic rings. The quantitative estimate of drug-likeness (QED) is 0.881. The van der Waals surface area contributed by atoms with Crippen molar-refractivity contribution in [3.05, 3.63) is 53.7 Å². The molecule has 26 heavy (non-hydrogen) atoms. The lowest BCUT2D eigenvalue weighted by molar-refractivity contribution is -0.138. The van der Waals surface area contributed by atoms with Crippen molar-refractivity contribution in [3.8, 4) is 11.6 Å². The number of nitrogens with zero attached hydrogens (tertiary/aromatic N) is 2. The van der Waals surface area contributed by atoms with Gasteiger partial charge in [-0.1, -0.05) is 6.07 Å². The van der Waals surface area contributed by atoms with Gasteiger partial charge in [-0.25, -0.2) is 13.8 Å². The molecule has 1 aromatic heterocycles. The van der Waals surface area contributed by atoms with E-state index in [0.717, 1.165) is 17.7 Å². The molecule has 1 atom stereocenters. The molecule has 1 fully saturated rings. The largest absolute Gasteiger partial charge is 0.436 e. The summed E-state index contributed by atoms with van der Waals surface area (Å²) in [6.07, 6.45) is 1.15. The van der Waals surface area contributed by atoms with Crippen LogP contribution < -0.4 is 10.1 Å². The lowest BCUT2D eigenvalue weighted by atomic mass is 10.2. The van der Waals surface area contributed by atoms with Crippen LogP contribution in [0.15, 0.2) is 36.5 Å². The number of carbonyl (C=O) groups is 1. The Hall–Kier alpha value is -2.58. The van der Waals surface area contributed by atoms with E-state index in [0.29, 0.717) is 26.2 Å². The molecule has 1 aliphatic rings. The highest BCUT2D eigenvalue weighted by Gasteiger charge is 2.25. The number of rotatable bonds is 5. The summed E-state index contributed by atoms with van der Waals surface area (Å²) in [5.41, 5.74) is 0.925. The first-order valence-corrected chi connectivity index (χ1v) is 8.18. The van der Waals surface area contributed by atoms with E-state index in [1.165, 1.54) is 6.07 Å². The maximum absolute atomic E-state index is 13.6. The van der Waals surface area contributed by atoms with Crippen LogP contribution in [0.1, 0.15) is 5.56 Å². The summed E-state index contributed by atoms with van der Waals surface area (Å²) in [5, 5.41) is 2.58. The molecular weight excluding hydrogens is 344 g/mol. The van der Waals surface area contributed by atoms with Gasteiger partial charge in [-0.15, -0.1) is 0 Å². The standard InChI is InChI=1S/C18H19F2N3O3/c1-21-18(24)16-11-23(6-7-25-16)10-12-2-5-17(22-9-12)26-15-4-3-13(19)8-14(15)20/h2-5,8-9,16H,6-7,10-11H2,1H3,(H,21,24). The highest BCUT2D eigenvalue weighted by atomic mass is 19.1. The Kier molecular flexibility index (Phi) is 5.75. The van der Waals surface area contributed by atoms with Crippen molar-refractivity contribution < 1.29 is 23.0 Å². The number of benzene rings is 1. The van der Waals surface area contributed by atoms with E-state index < -0.39 is 17.7 Å². The molecule has 0 bridgehead atoms. The zero-order valence-electron chi connectivity index (χ0n) is 14.2. The number of nitrogens with one attached hydrogen (secondary N) is 1. The second-order valence-corrected chi connectivity index (χ2v) is 5.89. The van der Waals surface area contributed by atoms with Crippen LogP contribution in [0.3, 0.4) is 0 Å². The molecule has 1 unspecified atom stereocenters. The molecule has 0 saturated carbocycles. The highest BCUT2D eigenvalue weighted by molar-refractivity contribution is 5.80. The topological polar surface area (TPSA) is 63.7 Å². The molecule has 1 N–H and O–H groups in total. The van der Waals surface area contributed by atoms with Gasteiger partial charge in [-0.3, -0.25) is 9.69 Å². The van der Waals surface area contributed by atoms with Gasteiger partial charge in [-0.2, -0.15) is 0 Å². The van der Waals surface area contributed by atoms with Crippen LogP contribution in [0.2, 0.25) is 0 Å². The third-order valence-electron chi connectivity index (χ3n) is 4.00. The van der Waals surface area contributed by atoms with Crippen molar-refractivity contribution >= 4 is 5.91 Å². The first-order chi connectivity index (χ1) is 12.5. The molecule has 6 nitrogen and oxygen atoms in total. The van der Waals surface area contributed by atoms with Crippen molar-refractivity contribution in [2.45, 2.75) is 12.6 Å². The van der Waals surface area contributed by atoms with Gasteiger partial charge in [0, 0.05) is 45.0 Å². The molecule has 3 rings (SSSR count). The third-order valence-corrected chi connectivity index (χ3v) is 4.00. The van der Waals surface area contributed by atoms with Crippen LogP contribution in [0.25, 0.3) is 0 Å². The predicted molar refractivity (Wildman–Crippen MR) is 89.8 cm³/mol. The average molecular weight is 363 g/mol. The number of hydrogen-bond acceptors (Lipinski definition) is 5. The molecule has 2 heterocycles. The van der Waals surface area contributed by atoms with Crippen LogP contribution in [-0.2, 0) is 16.1 Å². The predicted octanol–water partition coefficient (Wildman–Crippen LogP) is 2.10. The van der Waals surface area contributed by atoms with Gasteiger partial charge in [0.1, 0.15) is 11.9 Å². The van der Waals surface area contributed by atoms with Gasteiger partial charge >= 0.3 is 0 Å². The summed E-state index contributed by atoms with van der Waals surface area (Å²) >= 11 is 0. The van der Waals surface area contributed by atoms with Crippen LogP contribution in [0, 0.1) is 11.6 Å². The first kappa shape index (κ1) is 18.2. The molecular formula is C18H19F2N3O3. The van der Waals surface area contributed by atoms with E-state index in [-0.39, 0.29) is 17.5 Å². The zero-order chi connectivity index (χ0) is 18.5. The van der Waals surface area contributed by atoms with Crippen LogP contribution in [-0.4, -0.2) is 48.6 Å². The smallest absolute Gasteiger partial charge is 0.250 e. The monoisotopic (exact) mass is 363 g/mol. The molecule has 0 spiro atoms. The number of hydrogen-bond donors (Lipinski definition) is 1. The number of pyridine rings is 1. The molecule has 1 aromatic carbocycles. The fourth-order valence-corrected chi connectivity index (χ4v) is 2.66. The summed E-state index contributed by atoms with van der Waals surface area (Å²) in [5.74, 6) is -1.47. The fraction of sp³-hybridized carbons (Fsp3) is 0.333. The third kappa shape index (κ3) is 4.53.